The molecule has 1 saturated heterocycles. The normalized spacial score (nSPS) is 18.6. The molecule has 0 saturated carbocycles. The second kappa shape index (κ2) is 8.81. The standard InChI is InChI=1S/C21H25BClF2NO5S/c1-13(14-7-6-8-16(23)11-14)29-18-12-15(22-30-20(2,3)21(4,5)31-22)9-10-17(18)26-32(27,28)19(24)25/h6-13,19,26H,1-5H3/t13-/m0/s1. The van der Waals surface area contributed by atoms with Crippen molar-refractivity contribution < 1.29 is 31.2 Å². The number of anilines is 1. The van der Waals surface area contributed by atoms with Crippen LogP contribution in [0.15, 0.2) is 42.5 Å². The highest BCUT2D eigenvalue weighted by Gasteiger charge is 2.51. The van der Waals surface area contributed by atoms with Gasteiger partial charge in [0.25, 0.3) is 10.0 Å². The Morgan fingerprint density at radius 1 is 1.06 bits per heavy atom. The first kappa shape index (κ1) is 24.8. The minimum Gasteiger partial charge on any atom is -0.484 e. The van der Waals surface area contributed by atoms with E-state index in [1.165, 1.54) is 12.1 Å². The molecular formula is C21H25BClF2NO5S. The molecule has 174 valence electrons. The molecule has 0 aliphatic carbocycles. The van der Waals surface area contributed by atoms with E-state index in [-0.39, 0.29) is 11.4 Å². The van der Waals surface area contributed by atoms with Crippen LogP contribution in [0, 0.1) is 0 Å². The van der Waals surface area contributed by atoms with E-state index in [9.17, 15) is 17.2 Å². The van der Waals surface area contributed by atoms with Crippen molar-refractivity contribution in [1.82, 2.24) is 0 Å². The Kier molecular flexibility index (Phi) is 6.82. The Labute approximate surface area is 192 Å². The summed E-state index contributed by atoms with van der Waals surface area (Å²) in [5.41, 5.74) is -0.0385. The van der Waals surface area contributed by atoms with E-state index < -0.39 is 40.2 Å². The number of hydrogen-bond acceptors (Lipinski definition) is 5. The summed E-state index contributed by atoms with van der Waals surface area (Å²) in [5.74, 6) is -3.54. The molecule has 1 aliphatic rings. The number of ether oxygens (including phenoxy) is 1. The van der Waals surface area contributed by atoms with Crippen molar-refractivity contribution in [3.8, 4) is 5.75 Å². The zero-order chi connectivity index (χ0) is 23.9. The van der Waals surface area contributed by atoms with Gasteiger partial charge in [-0.15, -0.1) is 0 Å². The number of halogens is 3. The summed E-state index contributed by atoms with van der Waals surface area (Å²) in [5, 5.41) is 0.502. The first-order valence-electron chi connectivity index (χ1n) is 9.93. The average molecular weight is 488 g/mol. The van der Waals surface area contributed by atoms with Crippen LogP contribution in [0.2, 0.25) is 5.02 Å². The zero-order valence-corrected chi connectivity index (χ0v) is 19.9. The fourth-order valence-electron chi connectivity index (χ4n) is 3.06. The third-order valence-corrected chi connectivity index (χ3v) is 6.85. The van der Waals surface area contributed by atoms with Gasteiger partial charge in [0.15, 0.2) is 0 Å². The quantitative estimate of drug-likeness (QED) is 0.571. The number of hydrogen-bond donors (Lipinski definition) is 1. The fraction of sp³-hybridized carbons (Fsp3) is 0.429. The van der Waals surface area contributed by atoms with Crippen LogP contribution in [0.1, 0.15) is 46.3 Å². The second-order valence-electron chi connectivity index (χ2n) is 8.57. The molecule has 0 spiro atoms. The van der Waals surface area contributed by atoms with Gasteiger partial charge in [-0.3, -0.25) is 4.72 Å². The van der Waals surface area contributed by atoms with Crippen molar-refractivity contribution in [2.75, 3.05) is 4.72 Å². The molecule has 1 atom stereocenters. The Morgan fingerprint density at radius 2 is 1.69 bits per heavy atom. The minimum absolute atomic E-state index is 0.0499. The summed E-state index contributed by atoms with van der Waals surface area (Å²) in [6.45, 7) is 9.33. The lowest BCUT2D eigenvalue weighted by Crippen LogP contribution is -2.41. The maximum Gasteiger partial charge on any atom is 0.494 e. The number of benzene rings is 2. The van der Waals surface area contributed by atoms with Crippen molar-refractivity contribution in [3.63, 3.8) is 0 Å². The molecule has 0 unspecified atom stereocenters. The van der Waals surface area contributed by atoms with E-state index in [2.05, 4.69) is 0 Å². The molecule has 3 rings (SSSR count). The Balaban J connectivity index is 1.98. The lowest BCUT2D eigenvalue weighted by Gasteiger charge is -2.32. The van der Waals surface area contributed by atoms with Gasteiger partial charge in [-0.1, -0.05) is 29.8 Å². The Bertz CT molecular complexity index is 1080. The van der Waals surface area contributed by atoms with Crippen LogP contribution in [0.25, 0.3) is 0 Å². The van der Waals surface area contributed by atoms with Gasteiger partial charge in [0.2, 0.25) is 0 Å². The molecule has 11 heteroatoms. The lowest BCUT2D eigenvalue weighted by atomic mass is 9.79. The van der Waals surface area contributed by atoms with Crippen LogP contribution >= 0.6 is 11.6 Å². The average Bonchev–Trinajstić information content (AvgIpc) is 2.90. The third kappa shape index (κ3) is 5.19. The predicted octanol–water partition coefficient (Wildman–Crippen LogP) is 4.74. The van der Waals surface area contributed by atoms with E-state index in [1.54, 1.807) is 37.3 Å². The summed E-state index contributed by atoms with van der Waals surface area (Å²) in [7, 11) is -5.64. The highest BCUT2D eigenvalue weighted by molar-refractivity contribution is 7.93. The zero-order valence-electron chi connectivity index (χ0n) is 18.4. The summed E-state index contributed by atoms with van der Waals surface area (Å²) in [6, 6.07) is 11.4. The van der Waals surface area contributed by atoms with Crippen LogP contribution < -0.4 is 14.9 Å². The summed E-state index contributed by atoms with van der Waals surface area (Å²) < 4.78 is 69.4. The first-order valence-corrected chi connectivity index (χ1v) is 11.9. The SMILES string of the molecule is C[C@H](Oc1cc(B2OC(C)(C)C(C)(C)O2)ccc1NS(=O)(=O)C(F)F)c1cccc(Cl)c1. The predicted molar refractivity (Wildman–Crippen MR) is 121 cm³/mol. The number of sulfonamides is 1. The van der Waals surface area contributed by atoms with Gasteiger partial charge in [-0.25, -0.2) is 8.42 Å². The molecular weight excluding hydrogens is 463 g/mol. The largest absolute Gasteiger partial charge is 0.494 e. The molecule has 2 aromatic rings. The van der Waals surface area contributed by atoms with Gasteiger partial charge in [0, 0.05) is 5.02 Å². The number of rotatable bonds is 7. The molecule has 1 fully saturated rings. The maximum absolute atomic E-state index is 13.0. The molecule has 1 heterocycles. The van der Waals surface area contributed by atoms with Crippen LogP contribution in [-0.4, -0.2) is 32.5 Å². The first-order chi connectivity index (χ1) is 14.7. The number of nitrogens with one attached hydrogen (secondary N) is 1. The highest BCUT2D eigenvalue weighted by Crippen LogP contribution is 2.37. The third-order valence-electron chi connectivity index (χ3n) is 5.64. The van der Waals surface area contributed by atoms with Crippen molar-refractivity contribution in [2.24, 2.45) is 0 Å². The molecule has 6 nitrogen and oxygen atoms in total. The lowest BCUT2D eigenvalue weighted by molar-refractivity contribution is 0.00578. The van der Waals surface area contributed by atoms with Gasteiger partial charge in [0.1, 0.15) is 11.9 Å². The van der Waals surface area contributed by atoms with E-state index in [4.69, 9.17) is 25.6 Å². The van der Waals surface area contributed by atoms with Crippen molar-refractivity contribution in [1.29, 1.82) is 0 Å². The van der Waals surface area contributed by atoms with Crippen LogP contribution in [-0.2, 0) is 19.3 Å². The molecule has 32 heavy (non-hydrogen) atoms. The minimum atomic E-state index is -4.90. The Hall–Kier alpha value is -1.88. The van der Waals surface area contributed by atoms with Gasteiger partial charge in [-0.2, -0.15) is 8.78 Å². The summed E-state index contributed by atoms with van der Waals surface area (Å²) in [4.78, 5) is 0. The van der Waals surface area contributed by atoms with Gasteiger partial charge < -0.3 is 14.0 Å². The Morgan fingerprint density at radius 3 is 2.25 bits per heavy atom. The topological polar surface area (TPSA) is 73.9 Å². The number of alkyl halides is 2. The highest BCUT2D eigenvalue weighted by atomic mass is 35.5. The fourth-order valence-corrected chi connectivity index (χ4v) is 3.83. The van der Waals surface area contributed by atoms with Gasteiger partial charge in [0.05, 0.1) is 16.9 Å². The monoisotopic (exact) mass is 487 g/mol. The molecule has 0 amide bonds. The van der Waals surface area contributed by atoms with Crippen molar-refractivity contribution in [3.05, 3.63) is 53.1 Å². The molecule has 2 aromatic carbocycles. The van der Waals surface area contributed by atoms with Crippen LogP contribution in [0.5, 0.6) is 5.75 Å². The van der Waals surface area contributed by atoms with E-state index in [1.807, 2.05) is 32.4 Å². The second-order valence-corrected chi connectivity index (χ2v) is 10.7. The molecule has 1 N–H and O–H groups in total. The molecule has 0 radical (unpaired) electrons. The summed E-state index contributed by atoms with van der Waals surface area (Å²) >= 11 is 6.05. The van der Waals surface area contributed by atoms with Gasteiger partial charge >= 0.3 is 12.9 Å². The molecule has 0 bridgehead atoms. The van der Waals surface area contributed by atoms with Crippen LogP contribution in [0.3, 0.4) is 0 Å². The molecule has 0 aromatic heterocycles. The van der Waals surface area contributed by atoms with E-state index in [0.29, 0.717) is 10.5 Å². The maximum atomic E-state index is 13.0. The van der Waals surface area contributed by atoms with Crippen molar-refractivity contribution >= 4 is 39.9 Å². The van der Waals surface area contributed by atoms with Crippen LogP contribution in [0.4, 0.5) is 14.5 Å². The van der Waals surface area contributed by atoms with Gasteiger partial charge in [-0.05, 0) is 69.9 Å². The summed E-state index contributed by atoms with van der Waals surface area (Å²) in [6.07, 6.45) is -0.558. The van der Waals surface area contributed by atoms with Crippen molar-refractivity contribution in [2.45, 2.75) is 57.7 Å². The van der Waals surface area contributed by atoms with E-state index in [0.717, 1.165) is 5.56 Å². The smallest absolute Gasteiger partial charge is 0.484 e. The molecule has 1 aliphatic heterocycles. The van der Waals surface area contributed by atoms with E-state index >= 15 is 0 Å².